The van der Waals surface area contributed by atoms with Gasteiger partial charge in [-0.2, -0.15) is 0 Å². The summed E-state index contributed by atoms with van der Waals surface area (Å²) >= 11 is 47.3. The van der Waals surface area contributed by atoms with E-state index in [1.165, 1.54) is 87.8 Å². The number of carbonyl (C=O) groups is 6. The van der Waals surface area contributed by atoms with Crippen LogP contribution in [-0.4, -0.2) is 132 Å². The van der Waals surface area contributed by atoms with Crippen LogP contribution in [0.5, 0.6) is 34.5 Å². The second-order valence-electron chi connectivity index (χ2n) is 25.0. The van der Waals surface area contributed by atoms with Crippen LogP contribution in [0.2, 0.25) is 25.1 Å². The molecule has 21 nitrogen and oxygen atoms in total. The van der Waals surface area contributed by atoms with Crippen molar-refractivity contribution in [1.29, 1.82) is 0 Å². The Bertz CT molecular complexity index is 4070. The highest BCUT2D eigenvalue weighted by molar-refractivity contribution is 9.69. The Kier molecular flexibility index (Phi) is 41.9. The van der Waals surface area contributed by atoms with Gasteiger partial charge in [-0.15, -0.1) is 47.3 Å². The molecule has 1 saturated heterocycles. The molecule has 3 aliphatic heterocycles. The third-order valence-corrected chi connectivity index (χ3v) is 17.0. The van der Waals surface area contributed by atoms with E-state index in [1.807, 2.05) is 67.4 Å². The second-order valence-corrected chi connectivity index (χ2v) is 34.8. The van der Waals surface area contributed by atoms with Crippen molar-refractivity contribution in [3.05, 3.63) is 176 Å². The fourth-order valence-corrected chi connectivity index (χ4v) is 11.2. The van der Waals surface area contributed by atoms with Crippen LogP contribution in [0.3, 0.4) is 0 Å². The third-order valence-electron chi connectivity index (χ3n) is 14.9. The van der Waals surface area contributed by atoms with Crippen molar-refractivity contribution in [3.8, 4) is 34.5 Å². The average Bonchev–Trinajstić information content (AvgIpc) is 1.67. The van der Waals surface area contributed by atoms with Crippen LogP contribution in [-0.2, 0) is 45.8 Å². The molecule has 6 aromatic carbocycles. The van der Waals surface area contributed by atoms with Crippen LogP contribution in [0.25, 0.3) is 6.08 Å². The molecule has 0 bridgehead atoms. The topological polar surface area (TPSA) is 274 Å². The fraction of sp³-hybridized carbons (Fsp3) is 0.378. The van der Waals surface area contributed by atoms with Gasteiger partial charge in [-0.1, -0.05) is 94.7 Å². The van der Waals surface area contributed by atoms with Gasteiger partial charge in [0.05, 0.1) is 119 Å². The van der Waals surface area contributed by atoms with Gasteiger partial charge in [0.25, 0.3) is 5.24 Å². The number of methoxy groups -OCH3 is 9. The van der Waals surface area contributed by atoms with Crippen LogP contribution in [0.15, 0.2) is 100 Å². The van der Waals surface area contributed by atoms with Crippen LogP contribution in [0.4, 0.5) is 11.4 Å². The van der Waals surface area contributed by atoms with Crippen molar-refractivity contribution < 1.29 is 90.2 Å². The molecule has 107 heavy (non-hydrogen) atoms. The molecule has 0 aliphatic carbocycles. The maximum Gasteiger partial charge on any atom is 0.487 e. The van der Waals surface area contributed by atoms with E-state index in [-0.39, 0.29) is 57.4 Å². The minimum absolute atomic E-state index is 0. The smallest absolute Gasteiger partial charge is 0.487 e. The van der Waals surface area contributed by atoms with E-state index in [4.69, 9.17) is 128 Å². The van der Waals surface area contributed by atoms with E-state index in [0.717, 1.165) is 16.7 Å². The van der Waals surface area contributed by atoms with Gasteiger partial charge in [0.15, 0.2) is 0 Å². The second kappa shape index (κ2) is 45.3. The lowest BCUT2D eigenvalue weighted by molar-refractivity contribution is 0.00578. The van der Waals surface area contributed by atoms with E-state index in [1.54, 1.807) is 60.7 Å². The molecule has 33 heteroatoms. The highest BCUT2D eigenvalue weighted by atomic mass is 79.9. The van der Waals surface area contributed by atoms with Gasteiger partial charge < -0.3 is 72.9 Å². The molecule has 0 spiro atoms. The Morgan fingerprint density at radius 2 is 0.804 bits per heavy atom. The molecule has 4 N–H and O–H groups in total. The predicted molar refractivity (Wildman–Crippen MR) is 444 cm³/mol. The normalized spacial score (nSPS) is 13.3. The summed E-state index contributed by atoms with van der Waals surface area (Å²) in [7, 11) is 12.4. The van der Waals surface area contributed by atoms with E-state index in [2.05, 4.69) is 105 Å². The third kappa shape index (κ3) is 30.6. The van der Waals surface area contributed by atoms with Gasteiger partial charge in [0, 0.05) is 66.3 Å². The van der Waals surface area contributed by atoms with Crippen LogP contribution in [0, 0.1) is 0 Å². The average molecular weight is 1870 g/mol. The SMILES string of the molecule is BrB(Br)Br.C.CC(C)=CB1OC(C)(C)C(C)(C)O1.CC1(C)Cc2c(cc(Cl)cc2C(=O)Cl)O1.COC(=O)c1cc(Cl)cc(OC)c1Br.COC(=O)c1cc(Cl)cc(OC)c1C=C(C)C.COC(=O)c1cc(Cl)cc(OC)c1N.COC(=O)c1cc(Cl)cc2c1CC(C)(C)O2.COC(=O)c1cccc(OC)c1N. The first-order valence-corrected chi connectivity index (χ1v) is 37.2. The molecule has 3 heterocycles. The summed E-state index contributed by atoms with van der Waals surface area (Å²) in [6, 6.07) is 20.9. The number of para-hydroxylation sites is 1. The molecular weight excluding hydrogens is 1770 g/mol. The summed E-state index contributed by atoms with van der Waals surface area (Å²) in [6.07, 6.45) is 3.22. The number of carbonyl (C=O) groups excluding carboxylic acids is 6. The first-order chi connectivity index (χ1) is 49.2. The van der Waals surface area contributed by atoms with Crippen molar-refractivity contribution in [1.82, 2.24) is 0 Å². The van der Waals surface area contributed by atoms with Crippen molar-refractivity contribution >= 4 is 196 Å². The maximum atomic E-state index is 11.7. The maximum absolute atomic E-state index is 11.7. The van der Waals surface area contributed by atoms with Gasteiger partial charge in [0.1, 0.15) is 45.7 Å². The first-order valence-electron chi connectivity index (χ1n) is 31.4. The van der Waals surface area contributed by atoms with E-state index in [9.17, 15) is 28.8 Å². The number of hydrogen-bond acceptors (Lipinski definition) is 21. The van der Waals surface area contributed by atoms with E-state index < -0.39 is 29.1 Å². The number of halogens is 10. The summed E-state index contributed by atoms with van der Waals surface area (Å²) in [6.45, 7) is 24.1. The zero-order valence-electron chi connectivity index (χ0n) is 62.4. The highest BCUT2D eigenvalue weighted by Gasteiger charge is 2.50. The Morgan fingerprint density at radius 1 is 0.467 bits per heavy atom. The number of ether oxygens (including phenoxy) is 11. The van der Waals surface area contributed by atoms with E-state index >= 15 is 0 Å². The van der Waals surface area contributed by atoms with Crippen molar-refractivity contribution in [2.75, 3.05) is 75.5 Å². The number of anilines is 2. The van der Waals surface area contributed by atoms with E-state index in [0.29, 0.717) is 116 Å². The van der Waals surface area contributed by atoms with Crippen molar-refractivity contribution in [2.45, 2.75) is 126 Å². The first kappa shape index (κ1) is 98.9. The summed E-state index contributed by atoms with van der Waals surface area (Å²) in [4.78, 5) is 68.2. The number of allylic oxidation sites excluding steroid dienone is 2. The van der Waals surface area contributed by atoms with Gasteiger partial charge in [-0.05, 0) is 177 Å². The number of rotatable bonds is 12. The van der Waals surface area contributed by atoms with Crippen molar-refractivity contribution in [3.63, 3.8) is 0 Å². The number of nitrogen functional groups attached to an aromatic ring is 2. The summed E-state index contributed by atoms with van der Waals surface area (Å²) in [5.74, 6) is 2.97. The number of benzene rings is 6. The fourth-order valence-electron chi connectivity index (χ4n) is 9.49. The molecule has 0 amide bonds. The molecular formula is C74H90B2Br4Cl6N2O19. The summed E-state index contributed by atoms with van der Waals surface area (Å²) in [5.41, 5.74) is 17.7. The van der Waals surface area contributed by atoms with Gasteiger partial charge in [0.2, 0.25) is 0 Å². The minimum Gasteiger partial charge on any atom is -0.496 e. The predicted octanol–water partition coefficient (Wildman–Crippen LogP) is 20.9. The number of esters is 5. The lowest BCUT2D eigenvalue weighted by atomic mass is 9.88. The summed E-state index contributed by atoms with van der Waals surface area (Å²) < 4.78 is 67.0. The van der Waals surface area contributed by atoms with Crippen LogP contribution in [0.1, 0.15) is 169 Å². The quantitative estimate of drug-likeness (QED) is 0.0379. The van der Waals surface area contributed by atoms with Gasteiger partial charge in [-0.25, -0.2) is 24.0 Å². The van der Waals surface area contributed by atoms with Gasteiger partial charge >= 0.3 is 40.1 Å². The molecule has 9 rings (SSSR count). The highest BCUT2D eigenvalue weighted by Crippen LogP contribution is 2.42. The Hall–Kier alpha value is -6.07. The zero-order chi connectivity index (χ0) is 81.3. The minimum atomic E-state index is -0.539. The van der Waals surface area contributed by atoms with Gasteiger partial charge in [-0.3, -0.25) is 4.79 Å². The Morgan fingerprint density at radius 3 is 1.21 bits per heavy atom. The molecule has 586 valence electrons. The standard InChI is InChI=1S/C13H15ClO3.C12H13ClO3.C11H10Cl2O2.C10H19BO2.C9H8BrClO3.C9H10ClNO3.C9H11NO3.CH4.BBr3/c1-8(2)5-10-11(13(15)17-4)6-9(14)7-12(10)16-3;1-12(2)6-9-8(11(14)15-3)4-7(13)5-10(9)16-12;1-11(2)5-8-7(10(13)14)3-6(12)4-9(8)15-11;1-8(2)7-11-12-9(3,4)10(5,6)13-11;1-13-7-4-5(11)3-6(8(7)10)9(12)14-2;1-13-7-4-5(10)3-6(8(7)11)9(12)14-2;1-12-7-5-3-4-6(8(7)10)9(11)13-2;;2-1(3)4/h5-7H,1-4H3;4-5H,6H2,1-3H3;3-4H,5H2,1-2H3;7H,1-6H3;3-4H,1-2H3;3-4H,11H2,1-2H3;3-5H,10H2,1-2H3;1H4;. The molecule has 0 saturated carbocycles. The Balaban J connectivity index is 0.000000619. The van der Waals surface area contributed by atoms with Crippen LogP contribution >= 0.6 is 133 Å². The largest absolute Gasteiger partial charge is 0.496 e. The van der Waals surface area contributed by atoms with Crippen LogP contribution < -0.4 is 39.9 Å². The molecule has 0 aromatic heterocycles. The number of fused-ring (bicyclic) bond motifs is 2. The Labute approximate surface area is 691 Å². The molecule has 1 fully saturated rings. The molecule has 0 atom stereocenters. The zero-order valence-corrected chi connectivity index (χ0v) is 73.3. The molecule has 0 unspecified atom stereocenters. The number of hydrogen-bond donors (Lipinski definition) is 2. The molecule has 0 radical (unpaired) electrons. The molecule has 6 aromatic rings. The van der Waals surface area contributed by atoms with Crippen molar-refractivity contribution in [2.24, 2.45) is 0 Å². The summed E-state index contributed by atoms with van der Waals surface area (Å²) in [5, 5.41) is 1.69. The number of nitrogens with two attached hydrogens (primary N) is 2. The monoisotopic (exact) mass is 1860 g/mol. The lowest BCUT2D eigenvalue weighted by Gasteiger charge is -2.32. The molecule has 3 aliphatic rings. The lowest BCUT2D eigenvalue weighted by Crippen LogP contribution is -2.41.